The Morgan fingerprint density at radius 1 is 1.50 bits per heavy atom. The highest BCUT2D eigenvalue weighted by Gasteiger charge is 2.12. The Kier molecular flexibility index (Phi) is 2.82. The van der Waals surface area contributed by atoms with Crippen molar-refractivity contribution < 1.29 is 9.53 Å². The fourth-order valence-corrected chi connectivity index (χ4v) is 1.29. The number of ether oxygens (including phenoxy) is 1. The third kappa shape index (κ3) is 2.01. The number of esters is 1. The second-order valence-corrected chi connectivity index (χ2v) is 3.22. The maximum Gasteiger partial charge on any atom is 0.376 e. The van der Waals surface area contributed by atoms with Crippen LogP contribution < -0.4 is 0 Å². The minimum Gasteiger partial charge on any atom is -0.463 e. The average molecular weight is 239 g/mol. The first-order valence-corrected chi connectivity index (χ1v) is 4.69. The Labute approximate surface area is 95.9 Å². The summed E-state index contributed by atoms with van der Waals surface area (Å²) in [5, 5.41) is 0.166. The van der Waals surface area contributed by atoms with E-state index >= 15 is 0 Å². The Morgan fingerprint density at radius 2 is 2.31 bits per heavy atom. The van der Waals surface area contributed by atoms with E-state index in [4.69, 9.17) is 11.6 Å². The molecule has 16 heavy (non-hydrogen) atoms. The molecule has 2 heterocycles. The number of hydrogen-bond donors (Lipinski definition) is 0. The molecule has 0 N–H and O–H groups in total. The molecule has 0 bridgehead atoms. The maximum atomic E-state index is 11.3. The minimum atomic E-state index is -0.635. The van der Waals surface area contributed by atoms with Crippen LogP contribution >= 0.6 is 11.6 Å². The van der Waals surface area contributed by atoms with Gasteiger partial charge in [0.25, 0.3) is 0 Å². The van der Waals surface area contributed by atoms with Crippen LogP contribution in [0.15, 0.2) is 24.8 Å². The molecule has 82 valence electrons. The van der Waals surface area contributed by atoms with Gasteiger partial charge in [-0.15, -0.1) is 0 Å². The number of methoxy groups -OCH3 is 1. The van der Waals surface area contributed by atoms with E-state index in [2.05, 4.69) is 19.7 Å². The Morgan fingerprint density at radius 3 is 2.94 bits per heavy atom. The van der Waals surface area contributed by atoms with Gasteiger partial charge in [-0.25, -0.2) is 19.7 Å². The van der Waals surface area contributed by atoms with Crippen molar-refractivity contribution in [3.63, 3.8) is 0 Å². The van der Waals surface area contributed by atoms with E-state index in [0.717, 1.165) is 0 Å². The normalized spacial score (nSPS) is 10.1. The third-order valence-electron chi connectivity index (χ3n) is 1.82. The summed E-state index contributed by atoms with van der Waals surface area (Å²) in [6.07, 6.45) is 4.81. The predicted octanol–water partition coefficient (Wildman–Crippen LogP) is 1.10. The summed E-state index contributed by atoms with van der Waals surface area (Å²) in [4.78, 5) is 22.9. The Bertz CT molecular complexity index is 512. The minimum absolute atomic E-state index is 0.0845. The lowest BCUT2D eigenvalue weighted by molar-refractivity contribution is 0.0586. The summed E-state index contributed by atoms with van der Waals surface area (Å²) in [5.74, 6) is -0.263. The lowest BCUT2D eigenvalue weighted by atomic mass is 10.5. The van der Waals surface area contributed by atoms with Crippen LogP contribution in [0.5, 0.6) is 0 Å². The number of hydrogen-bond acceptors (Lipinski definition) is 5. The van der Waals surface area contributed by atoms with Crippen LogP contribution in [0.3, 0.4) is 0 Å². The highest BCUT2D eigenvalue weighted by molar-refractivity contribution is 6.29. The number of carbonyl (C=O) groups excluding carboxylic acids is 1. The second kappa shape index (κ2) is 4.28. The molecule has 0 aliphatic rings. The molecular weight excluding hydrogens is 232 g/mol. The second-order valence-electron chi connectivity index (χ2n) is 2.83. The van der Waals surface area contributed by atoms with Crippen molar-refractivity contribution >= 4 is 17.6 Å². The molecule has 0 spiro atoms. The number of aromatic nitrogens is 4. The fraction of sp³-hybridized carbons (Fsp3) is 0.111. The van der Waals surface area contributed by atoms with E-state index in [1.807, 2.05) is 0 Å². The summed E-state index contributed by atoms with van der Waals surface area (Å²) < 4.78 is 6.13. The Hall–Kier alpha value is -1.95. The van der Waals surface area contributed by atoms with E-state index in [0.29, 0.717) is 5.82 Å². The van der Waals surface area contributed by atoms with E-state index in [1.54, 1.807) is 23.3 Å². The largest absolute Gasteiger partial charge is 0.463 e. The number of rotatable bonds is 2. The third-order valence-corrected chi connectivity index (χ3v) is 2.01. The van der Waals surface area contributed by atoms with Crippen LogP contribution in [0.1, 0.15) is 10.6 Å². The number of imidazole rings is 1. The van der Waals surface area contributed by atoms with Gasteiger partial charge >= 0.3 is 5.97 Å². The van der Waals surface area contributed by atoms with Gasteiger partial charge in [0.1, 0.15) is 17.3 Å². The highest BCUT2D eigenvalue weighted by Crippen LogP contribution is 2.11. The van der Waals surface area contributed by atoms with Crippen molar-refractivity contribution in [1.29, 1.82) is 0 Å². The molecule has 2 rings (SSSR count). The standard InChI is InChI=1S/C9H7ClN4O2/c1-16-9(15)8-12-6(10)4-7(13-8)14-3-2-11-5-14/h2-5H,1H3. The van der Waals surface area contributed by atoms with Gasteiger partial charge in [-0.3, -0.25) is 4.57 Å². The first kappa shape index (κ1) is 10.6. The first-order valence-electron chi connectivity index (χ1n) is 4.32. The molecule has 0 saturated carbocycles. The predicted molar refractivity (Wildman–Crippen MR) is 55.5 cm³/mol. The summed E-state index contributed by atoms with van der Waals surface area (Å²) >= 11 is 5.78. The lowest BCUT2D eigenvalue weighted by Crippen LogP contribution is -2.10. The molecule has 0 aliphatic heterocycles. The van der Waals surface area contributed by atoms with Crippen molar-refractivity contribution in [3.05, 3.63) is 35.8 Å². The van der Waals surface area contributed by atoms with Gasteiger partial charge in [0.2, 0.25) is 5.82 Å². The summed E-state index contributed by atoms with van der Waals surface area (Å²) in [7, 11) is 1.25. The summed E-state index contributed by atoms with van der Waals surface area (Å²) in [5.41, 5.74) is 0. The molecule has 0 atom stereocenters. The molecule has 7 heteroatoms. The van der Waals surface area contributed by atoms with Crippen molar-refractivity contribution in [1.82, 2.24) is 19.5 Å². The van der Waals surface area contributed by atoms with E-state index in [-0.39, 0.29) is 11.0 Å². The van der Waals surface area contributed by atoms with Gasteiger partial charge < -0.3 is 4.74 Å². The van der Waals surface area contributed by atoms with Crippen LogP contribution in [0.4, 0.5) is 0 Å². The molecule has 6 nitrogen and oxygen atoms in total. The summed E-state index contributed by atoms with van der Waals surface area (Å²) in [6, 6.07) is 1.52. The SMILES string of the molecule is COC(=O)c1nc(Cl)cc(-n2ccnc2)n1. The Balaban J connectivity index is 2.48. The number of carbonyl (C=O) groups is 1. The maximum absolute atomic E-state index is 11.3. The van der Waals surface area contributed by atoms with Crippen molar-refractivity contribution in [2.75, 3.05) is 7.11 Å². The molecule has 0 fully saturated rings. The zero-order valence-electron chi connectivity index (χ0n) is 8.29. The number of nitrogens with zero attached hydrogens (tertiary/aromatic N) is 4. The lowest BCUT2D eigenvalue weighted by Gasteiger charge is -2.03. The van der Waals surface area contributed by atoms with Crippen LogP contribution in [-0.2, 0) is 4.74 Å². The van der Waals surface area contributed by atoms with Gasteiger partial charge in [-0.2, -0.15) is 0 Å². The zero-order chi connectivity index (χ0) is 11.5. The summed E-state index contributed by atoms with van der Waals surface area (Å²) in [6.45, 7) is 0. The van der Waals surface area contributed by atoms with Gasteiger partial charge in [0.15, 0.2) is 0 Å². The van der Waals surface area contributed by atoms with E-state index in [9.17, 15) is 4.79 Å². The number of halogens is 1. The average Bonchev–Trinajstić information content (AvgIpc) is 2.80. The molecule has 0 saturated heterocycles. The van der Waals surface area contributed by atoms with E-state index < -0.39 is 5.97 Å². The van der Waals surface area contributed by atoms with Crippen LogP contribution in [0.2, 0.25) is 5.15 Å². The van der Waals surface area contributed by atoms with Crippen molar-refractivity contribution in [2.45, 2.75) is 0 Å². The van der Waals surface area contributed by atoms with Gasteiger partial charge in [-0.1, -0.05) is 11.6 Å². The molecule has 0 unspecified atom stereocenters. The van der Waals surface area contributed by atoms with Crippen LogP contribution in [0, 0.1) is 0 Å². The molecule has 0 aromatic carbocycles. The molecule has 0 amide bonds. The van der Waals surface area contributed by atoms with Crippen molar-refractivity contribution in [3.8, 4) is 5.82 Å². The molecule has 2 aromatic rings. The first-order chi connectivity index (χ1) is 7.70. The molecule has 2 aromatic heterocycles. The van der Waals surface area contributed by atoms with Gasteiger partial charge in [0.05, 0.1) is 7.11 Å². The van der Waals surface area contributed by atoms with E-state index in [1.165, 1.54) is 13.2 Å². The molecule has 0 radical (unpaired) electrons. The van der Waals surface area contributed by atoms with Gasteiger partial charge in [-0.05, 0) is 0 Å². The zero-order valence-corrected chi connectivity index (χ0v) is 9.05. The smallest absolute Gasteiger partial charge is 0.376 e. The van der Waals surface area contributed by atoms with Crippen molar-refractivity contribution in [2.24, 2.45) is 0 Å². The van der Waals surface area contributed by atoms with Gasteiger partial charge in [0, 0.05) is 18.5 Å². The molecular formula is C9H7ClN4O2. The highest BCUT2D eigenvalue weighted by atomic mass is 35.5. The quantitative estimate of drug-likeness (QED) is 0.579. The molecule has 0 aliphatic carbocycles. The topological polar surface area (TPSA) is 69.9 Å². The fourth-order valence-electron chi connectivity index (χ4n) is 1.12. The van der Waals surface area contributed by atoms with Crippen LogP contribution in [0.25, 0.3) is 5.82 Å². The monoisotopic (exact) mass is 238 g/mol. The van der Waals surface area contributed by atoms with Crippen LogP contribution in [-0.4, -0.2) is 32.6 Å².